The van der Waals surface area contributed by atoms with Crippen LogP contribution in [0.2, 0.25) is 5.02 Å². The number of halogens is 1. The molecule has 1 heterocycles. The zero-order valence-corrected chi connectivity index (χ0v) is 17.8. The molecule has 31 heavy (non-hydrogen) atoms. The van der Waals surface area contributed by atoms with E-state index >= 15 is 0 Å². The Morgan fingerprint density at radius 1 is 1.23 bits per heavy atom. The average Bonchev–Trinajstić information content (AvgIpc) is 2.73. The summed E-state index contributed by atoms with van der Waals surface area (Å²) in [6.45, 7) is 1.71. The summed E-state index contributed by atoms with van der Waals surface area (Å²) < 4.78 is 5.12. The maximum Gasteiger partial charge on any atom is 0.352 e. The number of urea groups is 2. The third kappa shape index (κ3) is 5.03. The molecule has 0 fully saturated rings. The number of carboxylic acid groups (broad SMARTS) is 1. The molecule has 2 N–H and O–H groups in total. The highest BCUT2D eigenvalue weighted by Crippen LogP contribution is 2.35. The maximum absolute atomic E-state index is 12.9. The fourth-order valence-corrected chi connectivity index (χ4v) is 3.72. The minimum Gasteiger partial charge on any atom is -0.497 e. The number of rotatable bonds is 6. The Morgan fingerprint density at radius 2 is 1.94 bits per heavy atom. The molecule has 2 atom stereocenters. The molecule has 2 unspecified atom stereocenters. The monoisotopic (exact) mass is 443 g/mol. The first-order valence-corrected chi connectivity index (χ1v) is 9.97. The molecular weight excluding hydrogens is 422 g/mol. The van der Waals surface area contributed by atoms with Crippen LogP contribution in [0.3, 0.4) is 0 Å². The molecule has 162 valence electrons. The SMILES string of the molecule is COc1ccc(CCNC(=O)N2C(=O)N=C(C)C(C(=O)O)C2c2cccc(Cl)c2)cc1. The molecule has 1 aliphatic rings. The Kier molecular flexibility index (Phi) is 6.91. The van der Waals surface area contributed by atoms with Crippen LogP contribution in [0, 0.1) is 5.92 Å². The van der Waals surface area contributed by atoms with E-state index in [0.717, 1.165) is 16.2 Å². The Bertz CT molecular complexity index is 1020. The highest BCUT2D eigenvalue weighted by Gasteiger charge is 2.45. The van der Waals surface area contributed by atoms with Gasteiger partial charge in [0.25, 0.3) is 0 Å². The van der Waals surface area contributed by atoms with Gasteiger partial charge in [-0.15, -0.1) is 0 Å². The third-order valence-electron chi connectivity index (χ3n) is 5.05. The molecule has 0 spiro atoms. The summed E-state index contributed by atoms with van der Waals surface area (Å²) in [7, 11) is 1.58. The summed E-state index contributed by atoms with van der Waals surface area (Å²) in [5.74, 6) is -1.64. The summed E-state index contributed by atoms with van der Waals surface area (Å²) in [4.78, 5) is 42.2. The zero-order valence-electron chi connectivity index (χ0n) is 17.0. The van der Waals surface area contributed by atoms with Gasteiger partial charge in [0.15, 0.2) is 0 Å². The second kappa shape index (κ2) is 9.61. The van der Waals surface area contributed by atoms with Gasteiger partial charge in [-0.05, 0) is 48.7 Å². The smallest absolute Gasteiger partial charge is 0.352 e. The number of carbonyl (C=O) groups is 3. The van der Waals surface area contributed by atoms with Crippen molar-refractivity contribution in [2.24, 2.45) is 10.9 Å². The molecule has 2 aromatic rings. The molecule has 0 aliphatic carbocycles. The van der Waals surface area contributed by atoms with Crippen molar-refractivity contribution in [2.45, 2.75) is 19.4 Å². The van der Waals surface area contributed by atoms with Crippen LogP contribution in [-0.2, 0) is 11.2 Å². The number of aliphatic imine (C=N–C) groups is 1. The molecule has 1 aliphatic heterocycles. The predicted octanol–water partition coefficient (Wildman–Crippen LogP) is 3.94. The largest absolute Gasteiger partial charge is 0.497 e. The van der Waals surface area contributed by atoms with E-state index in [0.29, 0.717) is 17.0 Å². The van der Waals surface area contributed by atoms with Crippen LogP contribution in [0.1, 0.15) is 24.1 Å². The Hall–Kier alpha value is -3.39. The number of imide groups is 1. The summed E-state index contributed by atoms with van der Waals surface area (Å²) in [5, 5.41) is 12.8. The fraction of sp³-hybridized carbons (Fsp3) is 0.273. The molecule has 4 amide bonds. The van der Waals surface area contributed by atoms with Gasteiger partial charge < -0.3 is 15.2 Å². The summed E-state index contributed by atoms with van der Waals surface area (Å²) >= 11 is 6.07. The highest BCUT2D eigenvalue weighted by molar-refractivity contribution is 6.30. The van der Waals surface area contributed by atoms with Crippen LogP contribution in [0.15, 0.2) is 53.5 Å². The Balaban J connectivity index is 1.82. The third-order valence-corrected chi connectivity index (χ3v) is 5.28. The number of hydrogen-bond acceptors (Lipinski definition) is 4. The molecule has 2 aromatic carbocycles. The van der Waals surface area contributed by atoms with Gasteiger partial charge in [0.2, 0.25) is 0 Å². The van der Waals surface area contributed by atoms with Gasteiger partial charge in [-0.25, -0.2) is 19.5 Å². The number of hydrogen-bond donors (Lipinski definition) is 2. The van der Waals surface area contributed by atoms with Gasteiger partial charge in [-0.1, -0.05) is 35.9 Å². The van der Waals surface area contributed by atoms with E-state index in [1.165, 1.54) is 6.92 Å². The minimum absolute atomic E-state index is 0.129. The quantitative estimate of drug-likeness (QED) is 0.702. The number of nitrogens with zero attached hydrogens (tertiary/aromatic N) is 2. The molecule has 8 nitrogen and oxygen atoms in total. The van der Waals surface area contributed by atoms with Gasteiger partial charge in [-0.3, -0.25) is 4.79 Å². The van der Waals surface area contributed by atoms with Gasteiger partial charge in [0.1, 0.15) is 11.7 Å². The molecule has 0 saturated carbocycles. The minimum atomic E-state index is -1.19. The van der Waals surface area contributed by atoms with Gasteiger partial charge >= 0.3 is 18.0 Å². The Labute approximate surface area is 184 Å². The van der Waals surface area contributed by atoms with E-state index < -0.39 is 30.0 Å². The second-order valence-corrected chi connectivity index (χ2v) is 7.49. The number of ether oxygens (including phenoxy) is 1. The van der Waals surface area contributed by atoms with Crippen molar-refractivity contribution in [3.8, 4) is 5.75 Å². The normalized spacial score (nSPS) is 18.4. The van der Waals surface area contributed by atoms with Crippen molar-refractivity contribution in [3.05, 3.63) is 64.7 Å². The summed E-state index contributed by atoms with van der Waals surface area (Å²) in [6, 6.07) is 11.2. The van der Waals surface area contributed by atoms with Crippen molar-refractivity contribution in [3.63, 3.8) is 0 Å². The van der Waals surface area contributed by atoms with E-state index in [2.05, 4.69) is 10.3 Å². The first kappa shape index (κ1) is 22.3. The number of carbonyl (C=O) groups excluding carboxylic acids is 2. The number of nitrogens with one attached hydrogen (secondary N) is 1. The van der Waals surface area contributed by atoms with Crippen LogP contribution in [0.25, 0.3) is 0 Å². The molecular formula is C22H22ClN3O5. The topological polar surface area (TPSA) is 108 Å². The van der Waals surface area contributed by atoms with Crippen LogP contribution < -0.4 is 10.1 Å². The molecule has 3 rings (SSSR count). The van der Waals surface area contributed by atoms with Crippen LogP contribution in [-0.4, -0.2) is 47.4 Å². The van der Waals surface area contributed by atoms with E-state index in [1.807, 2.05) is 24.3 Å². The zero-order chi connectivity index (χ0) is 22.5. The molecule has 0 bridgehead atoms. The van der Waals surface area contributed by atoms with Crippen LogP contribution in [0.4, 0.5) is 9.59 Å². The molecule has 0 aromatic heterocycles. The van der Waals surface area contributed by atoms with Crippen molar-refractivity contribution >= 4 is 35.3 Å². The van der Waals surface area contributed by atoms with Gasteiger partial charge in [0, 0.05) is 17.3 Å². The second-order valence-electron chi connectivity index (χ2n) is 7.05. The van der Waals surface area contributed by atoms with E-state index in [-0.39, 0.29) is 12.3 Å². The van der Waals surface area contributed by atoms with E-state index in [9.17, 15) is 19.5 Å². The molecule has 0 saturated heterocycles. The number of aliphatic carboxylic acids is 1. The molecule has 0 radical (unpaired) electrons. The van der Waals surface area contributed by atoms with Crippen molar-refractivity contribution in [1.82, 2.24) is 10.2 Å². The van der Waals surface area contributed by atoms with E-state index in [4.69, 9.17) is 16.3 Å². The van der Waals surface area contributed by atoms with Crippen LogP contribution >= 0.6 is 11.6 Å². The lowest BCUT2D eigenvalue weighted by atomic mass is 9.87. The predicted molar refractivity (Wildman–Crippen MR) is 116 cm³/mol. The number of carboxylic acids is 1. The summed E-state index contributed by atoms with van der Waals surface area (Å²) in [6.07, 6.45) is 0.518. The summed E-state index contributed by atoms with van der Waals surface area (Å²) in [5.41, 5.74) is 1.53. The van der Waals surface area contributed by atoms with Gasteiger partial charge in [-0.2, -0.15) is 0 Å². The van der Waals surface area contributed by atoms with Crippen molar-refractivity contribution < 1.29 is 24.2 Å². The number of methoxy groups -OCH3 is 1. The van der Waals surface area contributed by atoms with Crippen molar-refractivity contribution in [1.29, 1.82) is 0 Å². The lowest BCUT2D eigenvalue weighted by Gasteiger charge is -2.36. The number of amides is 4. The van der Waals surface area contributed by atoms with E-state index in [1.54, 1.807) is 31.4 Å². The van der Waals surface area contributed by atoms with Gasteiger partial charge in [0.05, 0.1) is 13.2 Å². The molecule has 9 heteroatoms. The lowest BCUT2D eigenvalue weighted by molar-refractivity contribution is -0.140. The van der Waals surface area contributed by atoms with Crippen molar-refractivity contribution in [2.75, 3.05) is 13.7 Å². The lowest BCUT2D eigenvalue weighted by Crippen LogP contribution is -2.52. The highest BCUT2D eigenvalue weighted by atomic mass is 35.5. The first-order valence-electron chi connectivity index (χ1n) is 9.59. The maximum atomic E-state index is 12.9. The fourth-order valence-electron chi connectivity index (χ4n) is 3.52. The van der Waals surface area contributed by atoms with Crippen LogP contribution in [0.5, 0.6) is 5.75 Å². The first-order chi connectivity index (χ1) is 14.8. The Morgan fingerprint density at radius 3 is 2.55 bits per heavy atom. The average molecular weight is 444 g/mol. The number of benzene rings is 2. The standard InChI is InChI=1S/C22H22ClN3O5/c1-13-18(20(27)28)19(15-4-3-5-16(23)12-15)26(22(30)25-13)21(29)24-11-10-14-6-8-17(31-2)9-7-14/h3-9,12,18-19H,10-11H2,1-2H3,(H,24,29)(H,27,28).